The summed E-state index contributed by atoms with van der Waals surface area (Å²) in [5, 5.41) is 3.86. The van der Waals surface area contributed by atoms with Gasteiger partial charge in [0.05, 0.1) is 22.7 Å². The van der Waals surface area contributed by atoms with Crippen molar-refractivity contribution in [2.75, 3.05) is 6.54 Å². The van der Waals surface area contributed by atoms with E-state index in [1.807, 2.05) is 79.7 Å². The van der Waals surface area contributed by atoms with E-state index in [0.717, 1.165) is 52.7 Å². The molecule has 2 aliphatic carbocycles. The zero-order chi connectivity index (χ0) is 29.0. The molecule has 5 aromatic carbocycles. The van der Waals surface area contributed by atoms with Crippen molar-refractivity contribution in [3.8, 4) is 0 Å². The van der Waals surface area contributed by atoms with E-state index in [1.165, 1.54) is 4.90 Å². The third kappa shape index (κ3) is 2.90. The minimum absolute atomic E-state index is 0.0742. The maximum atomic E-state index is 15.7. The van der Waals surface area contributed by atoms with Crippen LogP contribution in [0.5, 0.6) is 0 Å². The van der Waals surface area contributed by atoms with Crippen molar-refractivity contribution >= 4 is 71.0 Å². The van der Waals surface area contributed by atoms with Gasteiger partial charge in [0, 0.05) is 15.5 Å². The maximum absolute atomic E-state index is 15.7. The highest BCUT2D eigenvalue weighted by Crippen LogP contribution is 2.72. The minimum atomic E-state index is -1.32. The number of hydrogen-bond acceptors (Lipinski definition) is 3. The maximum Gasteiger partial charge on any atom is 0.234 e. The van der Waals surface area contributed by atoms with Crippen molar-refractivity contribution in [2.24, 2.45) is 11.8 Å². The van der Waals surface area contributed by atoms with Crippen LogP contribution < -0.4 is 0 Å². The summed E-state index contributed by atoms with van der Waals surface area (Å²) in [7, 11) is 0. The predicted octanol–water partition coefficient (Wildman–Crippen LogP) is 7.70. The molecule has 2 amide bonds. The molecule has 1 heterocycles. The van der Waals surface area contributed by atoms with Gasteiger partial charge in [0.1, 0.15) is 0 Å². The highest BCUT2D eigenvalue weighted by molar-refractivity contribution is 9.10. The summed E-state index contributed by atoms with van der Waals surface area (Å²) in [6.07, 6.45) is 0.655. The molecule has 0 N–H and O–H groups in total. The number of rotatable bonds is 4. The molecule has 42 heavy (non-hydrogen) atoms. The van der Waals surface area contributed by atoms with Crippen molar-refractivity contribution in [1.82, 2.24) is 4.90 Å². The second kappa shape index (κ2) is 8.95. The molecule has 8 rings (SSSR count). The number of amides is 2. The molecule has 0 aromatic heterocycles. The normalized spacial score (nSPS) is 26.0. The van der Waals surface area contributed by atoms with Gasteiger partial charge in [-0.25, -0.2) is 0 Å². The Morgan fingerprint density at radius 3 is 1.45 bits per heavy atom. The molecule has 2 bridgehead atoms. The highest BCUT2D eigenvalue weighted by Gasteiger charge is 2.82. The summed E-state index contributed by atoms with van der Waals surface area (Å²) in [6.45, 7) is 2.31. The van der Waals surface area contributed by atoms with Crippen LogP contribution >= 0.6 is 31.9 Å². The van der Waals surface area contributed by atoms with Gasteiger partial charge < -0.3 is 0 Å². The molecule has 1 aliphatic heterocycles. The highest BCUT2D eigenvalue weighted by atomic mass is 79.9. The number of carbonyl (C=O) groups is 3. The average Bonchev–Trinajstić information content (AvgIpc) is 3.51. The minimum Gasteiger partial charge on any atom is -0.297 e. The third-order valence-electron chi connectivity index (χ3n) is 9.78. The molecule has 6 heteroatoms. The van der Waals surface area contributed by atoms with E-state index in [4.69, 9.17) is 0 Å². The number of imide groups is 1. The first-order valence-corrected chi connectivity index (χ1v) is 15.8. The van der Waals surface area contributed by atoms with Crippen LogP contribution in [0.4, 0.5) is 0 Å². The van der Waals surface area contributed by atoms with Crippen LogP contribution in [0.15, 0.2) is 106 Å². The number of carbonyl (C=O) groups excluding carboxylic acids is 3. The number of Topliss-reactive ketones (excluding diaryl/α,β-unsaturated/α-hetero) is 1. The molecule has 3 aliphatic rings. The molecule has 206 valence electrons. The smallest absolute Gasteiger partial charge is 0.234 e. The summed E-state index contributed by atoms with van der Waals surface area (Å²) in [6, 6.07) is 31.7. The summed E-state index contributed by atoms with van der Waals surface area (Å²) >= 11 is 7.36. The summed E-state index contributed by atoms with van der Waals surface area (Å²) in [5.41, 5.74) is 0.615. The van der Waals surface area contributed by atoms with Gasteiger partial charge in [-0.3, -0.25) is 19.3 Å². The van der Waals surface area contributed by atoms with Gasteiger partial charge in [-0.05, 0) is 74.5 Å². The van der Waals surface area contributed by atoms with Crippen LogP contribution in [0.2, 0.25) is 0 Å². The predicted molar refractivity (Wildman–Crippen MR) is 170 cm³/mol. The van der Waals surface area contributed by atoms with Crippen molar-refractivity contribution in [1.29, 1.82) is 0 Å². The second-order valence-electron chi connectivity index (χ2n) is 11.6. The van der Waals surface area contributed by atoms with Crippen molar-refractivity contribution in [2.45, 2.75) is 24.2 Å². The Labute approximate surface area is 260 Å². The van der Waals surface area contributed by atoms with Gasteiger partial charge in [-0.2, -0.15) is 0 Å². The van der Waals surface area contributed by atoms with Crippen LogP contribution in [-0.2, 0) is 25.2 Å². The van der Waals surface area contributed by atoms with E-state index in [0.29, 0.717) is 13.0 Å². The lowest BCUT2D eigenvalue weighted by atomic mass is 9.59. The van der Waals surface area contributed by atoms with Crippen LogP contribution in [0.3, 0.4) is 0 Å². The molecule has 0 unspecified atom stereocenters. The average molecular weight is 679 g/mol. The number of halogens is 2. The molecule has 1 saturated carbocycles. The summed E-state index contributed by atoms with van der Waals surface area (Å²) in [4.78, 5) is 46.2. The first kappa shape index (κ1) is 26.1. The number of likely N-dealkylation sites (tertiary alicyclic amines) is 1. The van der Waals surface area contributed by atoms with Crippen molar-refractivity contribution in [3.05, 3.63) is 128 Å². The molecule has 1 saturated heterocycles. The van der Waals surface area contributed by atoms with E-state index in [2.05, 4.69) is 56.1 Å². The molecule has 0 spiro atoms. The molecule has 4 atom stereocenters. The summed E-state index contributed by atoms with van der Waals surface area (Å²) in [5.74, 6) is -2.23. The SMILES string of the molecule is CCCN1C(=O)[C@@H]2[C@H](C1=O)[C@@]1(c3ccccc3)C(=O)[C@]2(c2ccccc2)c2c1c1ccc(Br)cc1c1cc(Br)ccc21. The molecular formula is C36H25Br2NO3. The Morgan fingerprint density at radius 2 is 1.05 bits per heavy atom. The second-order valence-corrected chi connectivity index (χ2v) is 13.4. The van der Waals surface area contributed by atoms with E-state index in [-0.39, 0.29) is 17.6 Å². The molecule has 5 aromatic rings. The quantitative estimate of drug-likeness (QED) is 0.145. The van der Waals surface area contributed by atoms with Gasteiger partial charge in [0.2, 0.25) is 11.8 Å². The van der Waals surface area contributed by atoms with Crippen molar-refractivity contribution in [3.63, 3.8) is 0 Å². The third-order valence-corrected chi connectivity index (χ3v) is 10.8. The Bertz CT molecular complexity index is 1870. The number of benzene rings is 5. The fourth-order valence-electron chi connectivity index (χ4n) is 8.49. The molecule has 2 fully saturated rings. The first-order chi connectivity index (χ1) is 20.4. The van der Waals surface area contributed by atoms with E-state index < -0.39 is 22.7 Å². The number of fused-ring (bicyclic) bond motifs is 13. The molecule has 4 nitrogen and oxygen atoms in total. The molecule has 0 radical (unpaired) electrons. The lowest BCUT2D eigenvalue weighted by Gasteiger charge is -2.38. The standard InChI is InChI=1S/C36H25Br2NO3/c1-2-17-39-32(40)30-31(33(39)41)36(21-11-7-4-8-12-21)29-25-16-14-23(38)19-27(25)26-18-22(37)13-15-24(26)28(29)35(30,34(36)42)20-9-5-3-6-10-20/h3-16,18-19,30-31H,2,17H2,1H3/t30-,31+,35+,36-. The van der Waals surface area contributed by atoms with Crippen LogP contribution in [0.1, 0.15) is 35.6 Å². The Morgan fingerprint density at radius 1 is 0.619 bits per heavy atom. The Kier molecular flexibility index (Phi) is 5.55. The van der Waals surface area contributed by atoms with E-state index in [9.17, 15) is 9.59 Å². The first-order valence-electron chi connectivity index (χ1n) is 14.2. The van der Waals surface area contributed by atoms with E-state index >= 15 is 4.79 Å². The zero-order valence-electron chi connectivity index (χ0n) is 22.7. The number of nitrogens with zero attached hydrogens (tertiary/aromatic N) is 1. The fourth-order valence-corrected chi connectivity index (χ4v) is 9.21. The topological polar surface area (TPSA) is 54.5 Å². The van der Waals surface area contributed by atoms with Gasteiger partial charge >= 0.3 is 0 Å². The Balaban J connectivity index is 1.66. The van der Waals surface area contributed by atoms with E-state index in [1.54, 1.807) is 0 Å². The zero-order valence-corrected chi connectivity index (χ0v) is 25.9. The number of ketones is 1. The Hall–Kier alpha value is -3.61. The van der Waals surface area contributed by atoms with Gasteiger partial charge in [0.15, 0.2) is 5.78 Å². The van der Waals surface area contributed by atoms with Gasteiger partial charge in [0.25, 0.3) is 0 Å². The fraction of sp³-hybridized carbons (Fsp3) is 0.194. The lowest BCUT2D eigenvalue weighted by Crippen LogP contribution is -2.45. The van der Waals surface area contributed by atoms with Gasteiger partial charge in [-0.1, -0.05) is 112 Å². The molecular weight excluding hydrogens is 654 g/mol. The summed E-state index contributed by atoms with van der Waals surface area (Å²) < 4.78 is 1.85. The van der Waals surface area contributed by atoms with Crippen LogP contribution in [-0.4, -0.2) is 29.0 Å². The number of hydrogen-bond donors (Lipinski definition) is 0. The van der Waals surface area contributed by atoms with Gasteiger partial charge in [-0.15, -0.1) is 0 Å². The van der Waals surface area contributed by atoms with Crippen LogP contribution in [0.25, 0.3) is 21.5 Å². The largest absolute Gasteiger partial charge is 0.297 e. The lowest BCUT2D eigenvalue weighted by molar-refractivity contribution is -0.143. The van der Waals surface area contributed by atoms with Crippen molar-refractivity contribution < 1.29 is 14.4 Å². The van der Waals surface area contributed by atoms with Crippen LogP contribution in [0, 0.1) is 11.8 Å². The monoisotopic (exact) mass is 677 g/mol.